The van der Waals surface area contributed by atoms with Gasteiger partial charge in [0.2, 0.25) is 0 Å². The fourth-order valence-corrected chi connectivity index (χ4v) is 3.02. The summed E-state index contributed by atoms with van der Waals surface area (Å²) in [6.07, 6.45) is 2.57. The van der Waals surface area contributed by atoms with Gasteiger partial charge in [-0.1, -0.05) is 6.07 Å². The van der Waals surface area contributed by atoms with Crippen LogP contribution in [0, 0.1) is 0 Å². The number of fused-ring (bicyclic) bond motifs is 1. The van der Waals surface area contributed by atoms with Crippen LogP contribution in [0.4, 0.5) is 4.79 Å². The van der Waals surface area contributed by atoms with Crippen molar-refractivity contribution in [2.75, 3.05) is 26.7 Å². The third kappa shape index (κ3) is 3.54. The van der Waals surface area contributed by atoms with Gasteiger partial charge in [-0.25, -0.2) is 4.79 Å². The number of carboxylic acid groups (broad SMARTS) is 1. The van der Waals surface area contributed by atoms with E-state index in [2.05, 4.69) is 23.1 Å². The fraction of sp³-hybridized carbons (Fsp3) is 0.438. The smallest absolute Gasteiger partial charge is 0.497 e. The van der Waals surface area contributed by atoms with Crippen molar-refractivity contribution in [2.45, 2.75) is 18.9 Å². The fourth-order valence-electron chi connectivity index (χ4n) is 3.02. The van der Waals surface area contributed by atoms with Gasteiger partial charge in [-0.05, 0) is 54.3 Å². The zero-order valence-corrected chi connectivity index (χ0v) is 13.3. The van der Waals surface area contributed by atoms with Crippen LogP contribution in [-0.2, 0) is 4.74 Å². The Bertz CT molecular complexity index is 588. The summed E-state index contributed by atoms with van der Waals surface area (Å²) in [6, 6.07) is 6.08. The molecule has 0 spiro atoms. The van der Waals surface area contributed by atoms with E-state index < -0.39 is 6.16 Å². The van der Waals surface area contributed by atoms with Gasteiger partial charge in [-0.3, -0.25) is 4.90 Å². The number of hydrogen-bond acceptors (Lipinski definition) is 4. The van der Waals surface area contributed by atoms with E-state index in [1.165, 1.54) is 16.7 Å². The van der Waals surface area contributed by atoms with Crippen molar-refractivity contribution in [2.24, 2.45) is 0 Å². The second-order valence-corrected chi connectivity index (χ2v) is 5.51. The van der Waals surface area contributed by atoms with Crippen LogP contribution in [0.25, 0.3) is 11.6 Å². The maximum Gasteiger partial charge on any atom is 0.506 e. The van der Waals surface area contributed by atoms with E-state index in [9.17, 15) is 4.79 Å². The van der Waals surface area contributed by atoms with E-state index in [4.69, 9.17) is 14.6 Å². The highest BCUT2D eigenvalue weighted by Gasteiger charge is 2.26. The molecule has 3 rings (SSSR count). The average molecular weight is 326 g/mol. The van der Waals surface area contributed by atoms with Gasteiger partial charge in [0, 0.05) is 13.1 Å². The normalized spacial score (nSPS) is 20.0. The Kier molecular flexibility index (Phi) is 5.32. The molecule has 6 heteroatoms. The molecule has 0 aromatic heterocycles. The lowest BCUT2D eigenvalue weighted by molar-refractivity contribution is 0.0166. The summed E-state index contributed by atoms with van der Waals surface area (Å²) in [7, 11) is 1.67. The molecule has 1 aliphatic heterocycles. The standard InChI is InChI=1S/C16H19NO4.ClH/c1-20-13-5-4-11-7-12(15(11)8-13)9-17-6-2-3-14(10-17)21-16(18)19;/h4-5,7-8,14H,2-3,6,9-10H2,1H3,(H,18,19);1H. The first-order chi connectivity index (χ1) is 10.2. The number of likely N-dealkylation sites (tertiary alicyclic amines) is 1. The average Bonchev–Trinajstić information content (AvgIpc) is 2.44. The Morgan fingerprint density at radius 1 is 1.45 bits per heavy atom. The molecule has 1 fully saturated rings. The van der Waals surface area contributed by atoms with Gasteiger partial charge in [0.1, 0.15) is 11.9 Å². The first kappa shape index (κ1) is 16.6. The summed E-state index contributed by atoms with van der Waals surface area (Å²) < 4.78 is 10.2. The van der Waals surface area contributed by atoms with Gasteiger partial charge in [-0.2, -0.15) is 0 Å². The minimum Gasteiger partial charge on any atom is -0.497 e. The molecule has 0 radical (unpaired) electrons. The molecule has 1 unspecified atom stereocenters. The number of piperidine rings is 1. The van der Waals surface area contributed by atoms with Crippen LogP contribution in [0.5, 0.6) is 5.75 Å². The molecule has 2 aliphatic rings. The molecule has 0 bridgehead atoms. The summed E-state index contributed by atoms with van der Waals surface area (Å²) in [5.74, 6) is 0.866. The molecular weight excluding hydrogens is 306 g/mol. The minimum atomic E-state index is -1.18. The van der Waals surface area contributed by atoms with Crippen molar-refractivity contribution < 1.29 is 19.4 Å². The molecule has 1 aromatic carbocycles. The van der Waals surface area contributed by atoms with Crippen molar-refractivity contribution in [1.29, 1.82) is 0 Å². The Hall–Kier alpha value is -1.72. The van der Waals surface area contributed by atoms with E-state index in [-0.39, 0.29) is 18.5 Å². The predicted octanol–water partition coefficient (Wildman–Crippen LogP) is 3.13. The molecule has 1 N–H and O–H groups in total. The number of methoxy groups -OCH3 is 1. The van der Waals surface area contributed by atoms with Crippen LogP contribution in [0.3, 0.4) is 0 Å². The largest absolute Gasteiger partial charge is 0.506 e. The lowest BCUT2D eigenvalue weighted by Gasteiger charge is -2.34. The van der Waals surface area contributed by atoms with Crippen molar-refractivity contribution in [1.82, 2.24) is 4.90 Å². The molecule has 1 atom stereocenters. The summed E-state index contributed by atoms with van der Waals surface area (Å²) in [5, 5.41) is 8.71. The molecule has 0 saturated carbocycles. The van der Waals surface area contributed by atoms with E-state index in [1.54, 1.807) is 7.11 Å². The summed E-state index contributed by atoms with van der Waals surface area (Å²) in [5.41, 5.74) is 3.75. The minimum absolute atomic E-state index is 0. The number of benzene rings is 1. The third-order valence-corrected chi connectivity index (χ3v) is 4.06. The first-order valence-electron chi connectivity index (χ1n) is 7.16. The molecule has 120 valence electrons. The summed E-state index contributed by atoms with van der Waals surface area (Å²) in [4.78, 5) is 12.9. The van der Waals surface area contributed by atoms with Crippen LogP contribution in [0.15, 0.2) is 18.2 Å². The molecular formula is C16H20ClNO4. The van der Waals surface area contributed by atoms with Gasteiger partial charge in [0.25, 0.3) is 0 Å². The Labute approximate surface area is 135 Å². The van der Waals surface area contributed by atoms with Crippen LogP contribution < -0.4 is 4.74 Å². The number of carbonyl (C=O) groups is 1. The number of halogens is 1. The monoisotopic (exact) mass is 325 g/mol. The maximum absolute atomic E-state index is 10.6. The van der Waals surface area contributed by atoms with Gasteiger partial charge in [-0.15, -0.1) is 12.4 Å². The number of ether oxygens (including phenoxy) is 2. The zero-order valence-electron chi connectivity index (χ0n) is 12.4. The number of rotatable bonds is 4. The van der Waals surface area contributed by atoms with Crippen LogP contribution >= 0.6 is 12.4 Å². The van der Waals surface area contributed by atoms with E-state index in [1.807, 2.05) is 6.07 Å². The predicted molar refractivity (Wildman–Crippen MR) is 86.7 cm³/mol. The van der Waals surface area contributed by atoms with Gasteiger partial charge in [0.05, 0.1) is 7.11 Å². The summed E-state index contributed by atoms with van der Waals surface area (Å²) >= 11 is 0. The van der Waals surface area contributed by atoms with Crippen molar-refractivity contribution in [3.8, 4) is 5.75 Å². The third-order valence-electron chi connectivity index (χ3n) is 4.06. The highest BCUT2D eigenvalue weighted by Crippen LogP contribution is 2.36. The number of hydrogen-bond donors (Lipinski definition) is 1. The van der Waals surface area contributed by atoms with Crippen LogP contribution in [-0.4, -0.2) is 49.0 Å². The lowest BCUT2D eigenvalue weighted by Crippen LogP contribution is -2.41. The zero-order chi connectivity index (χ0) is 14.8. The molecule has 1 saturated heterocycles. The molecule has 1 heterocycles. The van der Waals surface area contributed by atoms with E-state index >= 15 is 0 Å². The highest BCUT2D eigenvalue weighted by molar-refractivity contribution is 5.96. The number of nitrogens with zero attached hydrogens (tertiary/aromatic N) is 1. The van der Waals surface area contributed by atoms with Gasteiger partial charge >= 0.3 is 6.16 Å². The quantitative estimate of drug-likeness (QED) is 0.862. The van der Waals surface area contributed by atoms with Crippen molar-refractivity contribution in [3.05, 3.63) is 29.3 Å². The lowest BCUT2D eigenvalue weighted by atomic mass is 9.87. The summed E-state index contributed by atoms with van der Waals surface area (Å²) in [6.45, 7) is 2.48. The molecule has 22 heavy (non-hydrogen) atoms. The van der Waals surface area contributed by atoms with E-state index in [0.29, 0.717) is 6.54 Å². The molecule has 1 aromatic rings. The van der Waals surface area contributed by atoms with Crippen molar-refractivity contribution >= 4 is 30.2 Å². The topological polar surface area (TPSA) is 59.0 Å². The first-order valence-corrected chi connectivity index (χ1v) is 7.16. The Morgan fingerprint density at radius 2 is 2.27 bits per heavy atom. The molecule has 0 amide bonds. The molecule has 1 aliphatic carbocycles. The van der Waals surface area contributed by atoms with Crippen molar-refractivity contribution in [3.63, 3.8) is 0 Å². The SMILES string of the molecule is COc1ccc2c(c1)C(CN1CCCC(OC(=O)O)C1)=C2.Cl. The van der Waals surface area contributed by atoms with Gasteiger partial charge in [0.15, 0.2) is 0 Å². The van der Waals surface area contributed by atoms with Crippen LogP contribution in [0.1, 0.15) is 24.0 Å². The second-order valence-electron chi connectivity index (χ2n) is 5.51. The van der Waals surface area contributed by atoms with Crippen LogP contribution in [0.2, 0.25) is 0 Å². The highest BCUT2D eigenvalue weighted by atomic mass is 35.5. The Morgan fingerprint density at radius 3 is 3.00 bits per heavy atom. The second kappa shape index (κ2) is 7.03. The maximum atomic E-state index is 10.6. The Balaban J connectivity index is 0.00000176. The van der Waals surface area contributed by atoms with Gasteiger partial charge < -0.3 is 14.6 Å². The molecule has 5 nitrogen and oxygen atoms in total. The van der Waals surface area contributed by atoms with E-state index in [0.717, 1.165) is 31.7 Å².